The van der Waals surface area contributed by atoms with Crippen molar-refractivity contribution in [1.82, 2.24) is 10.2 Å². The third kappa shape index (κ3) is 6.24. The molecule has 140 valence electrons. The van der Waals surface area contributed by atoms with Crippen LogP contribution in [0.4, 0.5) is 0 Å². The molecule has 1 saturated carbocycles. The normalized spacial score (nSPS) is 15.2. The number of carbonyl (C=O) groups is 1. The van der Waals surface area contributed by atoms with Crippen molar-refractivity contribution in [3.63, 3.8) is 0 Å². The van der Waals surface area contributed by atoms with Gasteiger partial charge in [-0.1, -0.05) is 32.3 Å². The Labute approximate surface area is 151 Å². The van der Waals surface area contributed by atoms with E-state index in [4.69, 9.17) is 9.47 Å². The van der Waals surface area contributed by atoms with Crippen LogP contribution in [0.15, 0.2) is 18.2 Å². The summed E-state index contributed by atoms with van der Waals surface area (Å²) < 4.78 is 11.0. The molecule has 25 heavy (non-hydrogen) atoms. The van der Waals surface area contributed by atoms with Crippen LogP contribution >= 0.6 is 0 Å². The second-order valence-electron chi connectivity index (χ2n) is 6.62. The summed E-state index contributed by atoms with van der Waals surface area (Å²) in [6.45, 7) is 6.63. The van der Waals surface area contributed by atoms with Crippen molar-refractivity contribution in [2.45, 2.75) is 58.5 Å². The Morgan fingerprint density at radius 1 is 1.20 bits per heavy atom. The maximum Gasteiger partial charge on any atom is 0.234 e. The highest BCUT2D eigenvalue weighted by Crippen LogP contribution is 2.28. The fourth-order valence-electron chi connectivity index (χ4n) is 3.35. The second kappa shape index (κ2) is 10.3. The molecule has 1 N–H and O–H groups in total. The van der Waals surface area contributed by atoms with E-state index < -0.39 is 0 Å². The maximum absolute atomic E-state index is 12.3. The van der Waals surface area contributed by atoms with Gasteiger partial charge in [-0.25, -0.2) is 0 Å². The highest BCUT2D eigenvalue weighted by Gasteiger charge is 2.17. The summed E-state index contributed by atoms with van der Waals surface area (Å²) >= 11 is 0. The van der Waals surface area contributed by atoms with Gasteiger partial charge in [-0.3, -0.25) is 9.69 Å². The highest BCUT2D eigenvalue weighted by molar-refractivity contribution is 5.78. The van der Waals surface area contributed by atoms with Crippen molar-refractivity contribution < 1.29 is 14.3 Å². The first-order valence-corrected chi connectivity index (χ1v) is 9.47. The predicted octanol–water partition coefficient (Wildman–Crippen LogP) is 3.36. The molecule has 0 spiro atoms. The van der Waals surface area contributed by atoms with Crippen molar-refractivity contribution in [2.24, 2.45) is 0 Å². The molecular weight excluding hydrogens is 316 g/mol. The minimum absolute atomic E-state index is 0.131. The van der Waals surface area contributed by atoms with Crippen LogP contribution in [-0.4, -0.2) is 43.7 Å². The molecule has 0 radical (unpaired) electrons. The van der Waals surface area contributed by atoms with Crippen molar-refractivity contribution in [1.29, 1.82) is 0 Å². The monoisotopic (exact) mass is 348 g/mol. The zero-order chi connectivity index (χ0) is 18.1. The Bertz CT molecular complexity index is 542. The number of carbonyl (C=O) groups excluding carboxylic acids is 1. The molecule has 1 aromatic rings. The van der Waals surface area contributed by atoms with Gasteiger partial charge in [0, 0.05) is 12.6 Å². The first kappa shape index (κ1) is 19.6. The Morgan fingerprint density at radius 3 is 2.60 bits per heavy atom. The SMILES string of the molecule is CCOc1ccc(CN(CC)CC(=O)NC2CCCCC2)cc1OC. The number of likely N-dealkylation sites (N-methyl/N-ethyl adjacent to an activating group) is 1. The molecule has 5 nitrogen and oxygen atoms in total. The number of methoxy groups -OCH3 is 1. The lowest BCUT2D eigenvalue weighted by Crippen LogP contribution is -2.42. The fraction of sp³-hybridized carbons (Fsp3) is 0.650. The van der Waals surface area contributed by atoms with Gasteiger partial charge in [0.25, 0.3) is 0 Å². The average Bonchev–Trinajstić information content (AvgIpc) is 2.63. The van der Waals surface area contributed by atoms with Gasteiger partial charge in [0.15, 0.2) is 11.5 Å². The second-order valence-corrected chi connectivity index (χ2v) is 6.62. The minimum atomic E-state index is 0.131. The average molecular weight is 348 g/mol. The first-order chi connectivity index (χ1) is 12.2. The van der Waals surface area contributed by atoms with Gasteiger partial charge in [0.2, 0.25) is 5.91 Å². The molecule has 1 aliphatic carbocycles. The lowest BCUT2D eigenvalue weighted by Gasteiger charge is -2.25. The first-order valence-electron chi connectivity index (χ1n) is 9.47. The van der Waals surface area contributed by atoms with E-state index in [0.717, 1.165) is 43.0 Å². The maximum atomic E-state index is 12.3. The Balaban J connectivity index is 1.90. The summed E-state index contributed by atoms with van der Waals surface area (Å²) in [7, 11) is 1.65. The summed E-state index contributed by atoms with van der Waals surface area (Å²) in [5.41, 5.74) is 1.12. The molecule has 2 rings (SSSR count). The van der Waals surface area contributed by atoms with E-state index in [0.29, 0.717) is 19.2 Å². The number of nitrogens with zero attached hydrogens (tertiary/aromatic N) is 1. The third-order valence-electron chi connectivity index (χ3n) is 4.72. The highest BCUT2D eigenvalue weighted by atomic mass is 16.5. The van der Waals surface area contributed by atoms with Gasteiger partial charge in [0.1, 0.15) is 0 Å². The molecule has 0 bridgehead atoms. The summed E-state index contributed by atoms with van der Waals surface area (Å²) in [6.07, 6.45) is 6.00. The van der Waals surface area contributed by atoms with Crippen molar-refractivity contribution in [3.05, 3.63) is 23.8 Å². The quantitative estimate of drug-likeness (QED) is 0.743. The van der Waals surface area contributed by atoms with Gasteiger partial charge in [-0.05, 0) is 44.0 Å². The van der Waals surface area contributed by atoms with E-state index in [-0.39, 0.29) is 5.91 Å². The van der Waals surface area contributed by atoms with Crippen LogP contribution in [0.5, 0.6) is 11.5 Å². The molecule has 1 fully saturated rings. The summed E-state index contributed by atoms with van der Waals surface area (Å²) in [5, 5.41) is 3.19. The van der Waals surface area contributed by atoms with Crippen LogP contribution in [0.2, 0.25) is 0 Å². The Hall–Kier alpha value is -1.75. The lowest BCUT2D eigenvalue weighted by molar-refractivity contribution is -0.123. The van der Waals surface area contributed by atoms with Crippen LogP contribution in [0.25, 0.3) is 0 Å². The molecule has 0 saturated heterocycles. The smallest absolute Gasteiger partial charge is 0.234 e. The van der Waals surface area contributed by atoms with E-state index in [2.05, 4.69) is 17.1 Å². The predicted molar refractivity (Wildman–Crippen MR) is 100 cm³/mol. The molecule has 0 atom stereocenters. The van der Waals surface area contributed by atoms with E-state index in [1.165, 1.54) is 19.3 Å². The van der Waals surface area contributed by atoms with Crippen molar-refractivity contribution in [3.8, 4) is 11.5 Å². The fourth-order valence-corrected chi connectivity index (χ4v) is 3.35. The van der Waals surface area contributed by atoms with Gasteiger partial charge in [0.05, 0.1) is 20.3 Å². The van der Waals surface area contributed by atoms with E-state index in [1.54, 1.807) is 7.11 Å². The van der Waals surface area contributed by atoms with Crippen LogP contribution in [0.1, 0.15) is 51.5 Å². The topological polar surface area (TPSA) is 50.8 Å². The van der Waals surface area contributed by atoms with Gasteiger partial charge >= 0.3 is 0 Å². The molecule has 0 aliphatic heterocycles. The third-order valence-corrected chi connectivity index (χ3v) is 4.72. The summed E-state index contributed by atoms with van der Waals surface area (Å²) in [6, 6.07) is 6.33. The lowest BCUT2D eigenvalue weighted by atomic mass is 9.95. The van der Waals surface area contributed by atoms with E-state index in [1.807, 2.05) is 25.1 Å². The van der Waals surface area contributed by atoms with Gasteiger partial charge < -0.3 is 14.8 Å². The number of rotatable bonds is 9. The molecule has 0 unspecified atom stereocenters. The Morgan fingerprint density at radius 2 is 1.96 bits per heavy atom. The van der Waals surface area contributed by atoms with E-state index in [9.17, 15) is 4.79 Å². The molecule has 0 heterocycles. The zero-order valence-electron chi connectivity index (χ0n) is 15.8. The summed E-state index contributed by atoms with van der Waals surface area (Å²) in [4.78, 5) is 14.5. The number of benzene rings is 1. The van der Waals surface area contributed by atoms with Crippen LogP contribution in [0.3, 0.4) is 0 Å². The number of hydrogen-bond donors (Lipinski definition) is 1. The molecule has 1 aromatic carbocycles. The number of ether oxygens (including phenoxy) is 2. The largest absolute Gasteiger partial charge is 0.493 e. The van der Waals surface area contributed by atoms with Crippen molar-refractivity contribution >= 4 is 5.91 Å². The van der Waals surface area contributed by atoms with Gasteiger partial charge in [-0.15, -0.1) is 0 Å². The van der Waals surface area contributed by atoms with Crippen LogP contribution < -0.4 is 14.8 Å². The number of nitrogens with one attached hydrogen (secondary N) is 1. The zero-order valence-corrected chi connectivity index (χ0v) is 15.8. The van der Waals surface area contributed by atoms with Crippen molar-refractivity contribution in [2.75, 3.05) is 26.8 Å². The van der Waals surface area contributed by atoms with E-state index >= 15 is 0 Å². The summed E-state index contributed by atoms with van der Waals surface area (Å²) in [5.74, 6) is 1.63. The molecule has 1 amide bonds. The molecule has 5 heteroatoms. The van der Waals surface area contributed by atoms with Crippen LogP contribution in [-0.2, 0) is 11.3 Å². The standard InChI is InChI=1S/C20H32N2O3/c1-4-22(15-20(23)21-17-9-7-6-8-10-17)14-16-11-12-18(25-5-2)19(13-16)24-3/h11-13,17H,4-10,14-15H2,1-3H3,(H,21,23). The minimum Gasteiger partial charge on any atom is -0.493 e. The Kier molecular flexibility index (Phi) is 8.06. The van der Waals surface area contributed by atoms with Crippen LogP contribution in [0, 0.1) is 0 Å². The number of amides is 1. The molecule has 0 aromatic heterocycles. The number of hydrogen-bond acceptors (Lipinski definition) is 4. The molecule has 1 aliphatic rings. The molecular formula is C20H32N2O3. The van der Waals surface area contributed by atoms with Gasteiger partial charge in [-0.2, -0.15) is 0 Å².